The Morgan fingerprint density at radius 1 is 1.15 bits per heavy atom. The van der Waals surface area contributed by atoms with E-state index in [0.29, 0.717) is 16.4 Å². The highest BCUT2D eigenvalue weighted by molar-refractivity contribution is 6.30. The average Bonchev–Trinajstić information content (AvgIpc) is 2.71. The molecule has 20 heavy (non-hydrogen) atoms. The molecule has 0 atom stereocenters. The molecular weight excluding hydrogens is 276 g/mol. The highest BCUT2D eigenvalue weighted by Crippen LogP contribution is 2.24. The number of benzene rings is 1. The molecule has 0 bridgehead atoms. The zero-order valence-electron chi connectivity index (χ0n) is 11.0. The Morgan fingerprint density at radius 2 is 1.90 bits per heavy atom. The van der Waals surface area contributed by atoms with Crippen molar-refractivity contribution in [2.75, 3.05) is 5.32 Å². The van der Waals surface area contributed by atoms with Crippen LogP contribution < -0.4 is 5.32 Å². The number of carbonyl (C=O) groups excluding carboxylic acids is 1. The van der Waals surface area contributed by atoms with Crippen molar-refractivity contribution in [2.45, 2.75) is 32.1 Å². The maximum Gasteiger partial charge on any atom is 0.278 e. The van der Waals surface area contributed by atoms with E-state index in [-0.39, 0.29) is 5.91 Å². The predicted octanol–water partition coefficient (Wildman–Crippen LogP) is 3.85. The molecular formula is C15H15ClN2O2. The number of rotatable bonds is 2. The second-order valence-electron chi connectivity index (χ2n) is 4.95. The summed E-state index contributed by atoms with van der Waals surface area (Å²) in [6, 6.07) is 7.00. The van der Waals surface area contributed by atoms with Crippen molar-refractivity contribution in [3.05, 3.63) is 46.3 Å². The normalized spacial score (nSPS) is 14.4. The topological polar surface area (TPSA) is 55.1 Å². The van der Waals surface area contributed by atoms with E-state index in [1.165, 1.54) is 6.42 Å². The summed E-state index contributed by atoms with van der Waals surface area (Å²) in [5.41, 5.74) is 2.08. The lowest BCUT2D eigenvalue weighted by Gasteiger charge is -2.04. The number of carbonyl (C=O) groups is 1. The second kappa shape index (κ2) is 5.67. The average molecular weight is 291 g/mol. The fourth-order valence-electron chi connectivity index (χ4n) is 2.46. The van der Waals surface area contributed by atoms with Crippen LogP contribution in [0, 0.1) is 0 Å². The molecule has 4 nitrogen and oxygen atoms in total. The van der Waals surface area contributed by atoms with Crippen molar-refractivity contribution in [1.29, 1.82) is 0 Å². The minimum Gasteiger partial charge on any atom is -0.360 e. The van der Waals surface area contributed by atoms with Gasteiger partial charge in [0, 0.05) is 22.7 Å². The van der Waals surface area contributed by atoms with E-state index >= 15 is 0 Å². The second-order valence-corrected chi connectivity index (χ2v) is 5.39. The molecule has 104 valence electrons. The third-order valence-electron chi connectivity index (χ3n) is 3.52. The molecule has 1 N–H and O–H groups in total. The van der Waals surface area contributed by atoms with Gasteiger partial charge in [0.2, 0.25) is 0 Å². The maximum absolute atomic E-state index is 12.3. The maximum atomic E-state index is 12.3. The minimum atomic E-state index is -0.223. The van der Waals surface area contributed by atoms with Gasteiger partial charge in [0.25, 0.3) is 5.91 Å². The SMILES string of the molecule is O=C(Nc1ccc(Cl)cc1)c1noc2c1CCCCC2. The van der Waals surface area contributed by atoms with Gasteiger partial charge in [0.15, 0.2) is 5.69 Å². The molecule has 3 rings (SSSR count). The molecule has 0 unspecified atom stereocenters. The predicted molar refractivity (Wildman–Crippen MR) is 77.2 cm³/mol. The minimum absolute atomic E-state index is 0.223. The summed E-state index contributed by atoms with van der Waals surface area (Å²) in [6.45, 7) is 0. The number of hydrogen-bond donors (Lipinski definition) is 1. The zero-order chi connectivity index (χ0) is 13.9. The lowest BCUT2D eigenvalue weighted by Crippen LogP contribution is -2.14. The molecule has 1 heterocycles. The van der Waals surface area contributed by atoms with Gasteiger partial charge < -0.3 is 9.84 Å². The van der Waals surface area contributed by atoms with Gasteiger partial charge in [-0.1, -0.05) is 23.2 Å². The molecule has 1 amide bonds. The van der Waals surface area contributed by atoms with Crippen LogP contribution in [0.3, 0.4) is 0 Å². The lowest BCUT2D eigenvalue weighted by atomic mass is 10.1. The number of fused-ring (bicyclic) bond motifs is 1. The van der Waals surface area contributed by atoms with E-state index in [4.69, 9.17) is 16.1 Å². The molecule has 0 radical (unpaired) electrons. The summed E-state index contributed by atoms with van der Waals surface area (Å²) >= 11 is 5.82. The molecule has 1 aromatic carbocycles. The number of nitrogens with one attached hydrogen (secondary N) is 1. The first-order valence-corrected chi connectivity index (χ1v) is 7.16. The van der Waals surface area contributed by atoms with Crippen LogP contribution in [0.4, 0.5) is 5.69 Å². The van der Waals surface area contributed by atoms with Crippen LogP contribution in [0.15, 0.2) is 28.8 Å². The van der Waals surface area contributed by atoms with Crippen LogP contribution in [0.1, 0.15) is 41.1 Å². The number of halogens is 1. The van der Waals surface area contributed by atoms with Crippen molar-refractivity contribution < 1.29 is 9.32 Å². The number of aromatic nitrogens is 1. The molecule has 0 spiro atoms. The van der Waals surface area contributed by atoms with Crippen molar-refractivity contribution in [2.24, 2.45) is 0 Å². The fraction of sp³-hybridized carbons (Fsp3) is 0.333. The summed E-state index contributed by atoms with van der Waals surface area (Å²) in [7, 11) is 0. The number of nitrogens with zero attached hydrogens (tertiary/aromatic N) is 1. The Bertz CT molecular complexity index is 619. The summed E-state index contributed by atoms with van der Waals surface area (Å²) in [4.78, 5) is 12.3. The van der Waals surface area contributed by atoms with Crippen LogP contribution in [-0.2, 0) is 12.8 Å². The van der Waals surface area contributed by atoms with Crippen LogP contribution in [0.2, 0.25) is 5.02 Å². The van der Waals surface area contributed by atoms with Crippen LogP contribution >= 0.6 is 11.6 Å². The van der Waals surface area contributed by atoms with Gasteiger partial charge in [-0.05, 0) is 43.5 Å². The van der Waals surface area contributed by atoms with Gasteiger partial charge in [-0.3, -0.25) is 4.79 Å². The fourth-order valence-corrected chi connectivity index (χ4v) is 2.59. The van der Waals surface area contributed by atoms with Crippen molar-refractivity contribution in [1.82, 2.24) is 5.16 Å². The molecule has 1 aliphatic rings. The standard InChI is InChI=1S/C15H15ClN2O2/c16-10-6-8-11(9-7-10)17-15(19)14-12-4-2-1-3-5-13(12)20-18-14/h6-9H,1-5H2,(H,17,19). The van der Waals surface area contributed by atoms with E-state index in [0.717, 1.165) is 37.0 Å². The third-order valence-corrected chi connectivity index (χ3v) is 3.77. The van der Waals surface area contributed by atoms with E-state index in [1.54, 1.807) is 24.3 Å². The molecule has 2 aromatic rings. The number of hydrogen-bond acceptors (Lipinski definition) is 3. The van der Waals surface area contributed by atoms with Gasteiger partial charge >= 0.3 is 0 Å². The van der Waals surface area contributed by atoms with Crippen molar-refractivity contribution >= 4 is 23.2 Å². The van der Waals surface area contributed by atoms with Gasteiger partial charge in [0.1, 0.15) is 5.76 Å². The summed E-state index contributed by atoms with van der Waals surface area (Å²) in [5.74, 6) is 0.642. The molecule has 0 saturated carbocycles. The Labute approximate surface area is 122 Å². The van der Waals surface area contributed by atoms with Gasteiger partial charge in [0.05, 0.1) is 0 Å². The van der Waals surface area contributed by atoms with Crippen LogP contribution in [-0.4, -0.2) is 11.1 Å². The van der Waals surface area contributed by atoms with Crippen molar-refractivity contribution in [3.8, 4) is 0 Å². The first kappa shape index (κ1) is 13.2. The first-order chi connectivity index (χ1) is 9.74. The quantitative estimate of drug-likeness (QED) is 0.855. The first-order valence-electron chi connectivity index (χ1n) is 6.78. The zero-order valence-corrected chi connectivity index (χ0v) is 11.7. The van der Waals surface area contributed by atoms with E-state index < -0.39 is 0 Å². The largest absolute Gasteiger partial charge is 0.360 e. The van der Waals surface area contributed by atoms with Crippen LogP contribution in [0.25, 0.3) is 0 Å². The Kier molecular flexibility index (Phi) is 3.74. The molecule has 1 aliphatic carbocycles. The number of anilines is 1. The highest BCUT2D eigenvalue weighted by Gasteiger charge is 2.23. The van der Waals surface area contributed by atoms with E-state index in [2.05, 4.69) is 10.5 Å². The van der Waals surface area contributed by atoms with E-state index in [9.17, 15) is 4.79 Å². The molecule has 0 aliphatic heterocycles. The smallest absolute Gasteiger partial charge is 0.278 e. The van der Waals surface area contributed by atoms with Gasteiger partial charge in [-0.25, -0.2) is 0 Å². The monoisotopic (exact) mass is 290 g/mol. The van der Waals surface area contributed by atoms with Gasteiger partial charge in [-0.15, -0.1) is 0 Å². The molecule has 1 aromatic heterocycles. The molecule has 0 fully saturated rings. The number of amides is 1. The summed E-state index contributed by atoms with van der Waals surface area (Å²) in [5, 5.41) is 7.40. The van der Waals surface area contributed by atoms with Crippen molar-refractivity contribution in [3.63, 3.8) is 0 Å². The Hall–Kier alpha value is -1.81. The lowest BCUT2D eigenvalue weighted by molar-refractivity contribution is 0.101. The number of aryl methyl sites for hydroxylation is 1. The van der Waals surface area contributed by atoms with E-state index in [1.807, 2.05) is 0 Å². The summed E-state index contributed by atoms with van der Waals surface area (Å²) < 4.78 is 5.31. The Balaban J connectivity index is 1.80. The van der Waals surface area contributed by atoms with Crippen LogP contribution in [0.5, 0.6) is 0 Å². The highest BCUT2D eigenvalue weighted by atomic mass is 35.5. The Morgan fingerprint density at radius 3 is 2.70 bits per heavy atom. The third kappa shape index (κ3) is 2.70. The molecule has 0 saturated heterocycles. The molecule has 5 heteroatoms. The van der Waals surface area contributed by atoms with Gasteiger partial charge in [-0.2, -0.15) is 0 Å². The summed E-state index contributed by atoms with van der Waals surface area (Å²) in [6.07, 6.45) is 5.08.